The molecule has 21 heavy (non-hydrogen) atoms. The van der Waals surface area contributed by atoms with Crippen LogP contribution in [0.3, 0.4) is 0 Å². The Morgan fingerprint density at radius 2 is 2.05 bits per heavy atom. The van der Waals surface area contributed by atoms with Gasteiger partial charge in [0.05, 0.1) is 11.8 Å². The molecule has 0 radical (unpaired) electrons. The van der Waals surface area contributed by atoms with E-state index in [9.17, 15) is 9.59 Å². The van der Waals surface area contributed by atoms with Crippen LogP contribution in [0.5, 0.6) is 0 Å². The molecule has 0 aliphatic carbocycles. The molecule has 2 aliphatic rings. The summed E-state index contributed by atoms with van der Waals surface area (Å²) in [6, 6.07) is 1.81. The number of amides is 2. The fourth-order valence-electron chi connectivity index (χ4n) is 2.87. The number of hydrogen-bond donors (Lipinski definition) is 1. The van der Waals surface area contributed by atoms with Crippen LogP contribution in [0.4, 0.5) is 0 Å². The molecule has 0 aromatic carbocycles. The molecule has 3 heterocycles. The highest BCUT2D eigenvalue weighted by atomic mass is 16.5. The second-order valence-electron chi connectivity index (χ2n) is 5.59. The van der Waals surface area contributed by atoms with Crippen molar-refractivity contribution in [3.8, 4) is 0 Å². The molecule has 1 aromatic heterocycles. The minimum absolute atomic E-state index is 0.00680. The molecule has 2 amide bonds. The zero-order chi connectivity index (χ0) is 14.7. The van der Waals surface area contributed by atoms with E-state index in [2.05, 4.69) is 5.32 Å². The number of piperidine rings is 1. The van der Waals surface area contributed by atoms with E-state index in [4.69, 9.17) is 9.15 Å². The second kappa shape index (κ2) is 6.30. The van der Waals surface area contributed by atoms with Gasteiger partial charge in [-0.15, -0.1) is 0 Å². The average molecular weight is 292 g/mol. The Hall–Kier alpha value is -1.82. The van der Waals surface area contributed by atoms with Gasteiger partial charge in [-0.25, -0.2) is 0 Å². The second-order valence-corrected chi connectivity index (χ2v) is 5.59. The van der Waals surface area contributed by atoms with Crippen molar-refractivity contribution in [2.75, 3.05) is 19.7 Å². The van der Waals surface area contributed by atoms with E-state index in [1.165, 1.54) is 12.5 Å². The highest BCUT2D eigenvalue weighted by Gasteiger charge is 2.28. The van der Waals surface area contributed by atoms with Gasteiger partial charge in [0.2, 0.25) is 5.91 Å². The van der Waals surface area contributed by atoms with Gasteiger partial charge < -0.3 is 19.4 Å². The summed E-state index contributed by atoms with van der Waals surface area (Å²) < 4.78 is 10.3. The van der Waals surface area contributed by atoms with E-state index >= 15 is 0 Å². The maximum atomic E-state index is 12.2. The Morgan fingerprint density at radius 1 is 1.24 bits per heavy atom. The molecule has 0 spiro atoms. The van der Waals surface area contributed by atoms with Crippen molar-refractivity contribution in [3.63, 3.8) is 0 Å². The highest BCUT2D eigenvalue weighted by Crippen LogP contribution is 2.16. The third kappa shape index (κ3) is 3.26. The van der Waals surface area contributed by atoms with Crippen molar-refractivity contribution in [1.29, 1.82) is 0 Å². The Labute approximate surface area is 123 Å². The quantitative estimate of drug-likeness (QED) is 0.908. The number of rotatable bonds is 3. The monoisotopic (exact) mass is 292 g/mol. The molecule has 2 fully saturated rings. The first kappa shape index (κ1) is 14.1. The first-order valence-corrected chi connectivity index (χ1v) is 7.47. The van der Waals surface area contributed by atoms with Crippen molar-refractivity contribution in [3.05, 3.63) is 24.2 Å². The Bertz CT molecular complexity index is 486. The fraction of sp³-hybridized carbons (Fsp3) is 0.600. The maximum Gasteiger partial charge on any atom is 0.257 e. The van der Waals surface area contributed by atoms with Crippen LogP contribution >= 0.6 is 0 Å². The van der Waals surface area contributed by atoms with E-state index in [0.717, 1.165) is 25.7 Å². The van der Waals surface area contributed by atoms with Crippen LogP contribution in [0.1, 0.15) is 36.0 Å². The number of likely N-dealkylation sites (tertiary alicyclic amines) is 1. The standard InChI is InChI=1S/C15H20N2O4/c18-14(13-2-1-8-21-13)16-12-3-6-17(7-4-12)15(19)11-5-9-20-10-11/h5,9-10,12-13H,1-4,6-8H2,(H,16,18). The zero-order valence-corrected chi connectivity index (χ0v) is 11.9. The van der Waals surface area contributed by atoms with Crippen molar-refractivity contribution < 1.29 is 18.7 Å². The van der Waals surface area contributed by atoms with Crippen molar-refractivity contribution >= 4 is 11.8 Å². The zero-order valence-electron chi connectivity index (χ0n) is 11.9. The largest absolute Gasteiger partial charge is 0.472 e. The lowest BCUT2D eigenvalue weighted by molar-refractivity contribution is -0.131. The smallest absolute Gasteiger partial charge is 0.257 e. The Balaban J connectivity index is 1.46. The van der Waals surface area contributed by atoms with Gasteiger partial charge in [0.1, 0.15) is 12.4 Å². The van der Waals surface area contributed by atoms with Crippen LogP contribution < -0.4 is 5.32 Å². The van der Waals surface area contributed by atoms with Gasteiger partial charge in [-0.2, -0.15) is 0 Å². The van der Waals surface area contributed by atoms with Gasteiger partial charge in [-0.1, -0.05) is 0 Å². The van der Waals surface area contributed by atoms with Crippen LogP contribution in [-0.4, -0.2) is 48.6 Å². The number of ether oxygens (including phenoxy) is 1. The molecule has 1 atom stereocenters. The molecule has 3 rings (SSSR count). The Kier molecular flexibility index (Phi) is 4.24. The summed E-state index contributed by atoms with van der Waals surface area (Å²) >= 11 is 0. The lowest BCUT2D eigenvalue weighted by Crippen LogP contribution is -2.48. The molecule has 114 valence electrons. The SMILES string of the molecule is O=C(NC1CCN(C(=O)c2ccoc2)CC1)C1CCCO1. The summed E-state index contributed by atoms with van der Waals surface area (Å²) in [7, 11) is 0. The van der Waals surface area contributed by atoms with Crippen LogP contribution in [0.2, 0.25) is 0 Å². The van der Waals surface area contributed by atoms with Gasteiger partial charge >= 0.3 is 0 Å². The van der Waals surface area contributed by atoms with Crippen LogP contribution in [0.25, 0.3) is 0 Å². The molecule has 0 bridgehead atoms. The number of nitrogens with one attached hydrogen (secondary N) is 1. The molecular formula is C15H20N2O4. The van der Waals surface area contributed by atoms with Crippen molar-refractivity contribution in [2.45, 2.75) is 37.8 Å². The Morgan fingerprint density at radius 3 is 2.67 bits per heavy atom. The van der Waals surface area contributed by atoms with E-state index in [0.29, 0.717) is 25.3 Å². The van der Waals surface area contributed by atoms with E-state index < -0.39 is 0 Å². The fourth-order valence-corrected chi connectivity index (χ4v) is 2.87. The third-order valence-corrected chi connectivity index (χ3v) is 4.12. The number of carbonyl (C=O) groups excluding carboxylic acids is 2. The molecule has 6 heteroatoms. The third-order valence-electron chi connectivity index (χ3n) is 4.12. The first-order valence-electron chi connectivity index (χ1n) is 7.47. The van der Waals surface area contributed by atoms with Gasteiger partial charge in [0.25, 0.3) is 5.91 Å². The highest BCUT2D eigenvalue weighted by molar-refractivity contribution is 5.93. The number of carbonyl (C=O) groups is 2. The summed E-state index contributed by atoms with van der Waals surface area (Å²) in [6.45, 7) is 1.98. The van der Waals surface area contributed by atoms with Crippen LogP contribution in [0, 0.1) is 0 Å². The molecule has 6 nitrogen and oxygen atoms in total. The molecule has 0 saturated carbocycles. The van der Waals surface area contributed by atoms with Gasteiger partial charge in [0.15, 0.2) is 0 Å². The normalized spacial score (nSPS) is 23.2. The molecule has 1 N–H and O–H groups in total. The lowest BCUT2D eigenvalue weighted by Gasteiger charge is -2.32. The molecular weight excluding hydrogens is 272 g/mol. The predicted molar refractivity (Wildman–Crippen MR) is 74.8 cm³/mol. The summed E-state index contributed by atoms with van der Waals surface area (Å²) in [5.74, 6) is -0.0141. The minimum Gasteiger partial charge on any atom is -0.472 e. The number of hydrogen-bond acceptors (Lipinski definition) is 4. The van der Waals surface area contributed by atoms with E-state index in [1.807, 2.05) is 0 Å². The first-order chi connectivity index (χ1) is 10.2. The van der Waals surface area contributed by atoms with Gasteiger partial charge in [-0.3, -0.25) is 9.59 Å². The summed E-state index contributed by atoms with van der Waals surface area (Å²) in [5.41, 5.74) is 0.580. The van der Waals surface area contributed by atoms with Crippen LogP contribution in [0.15, 0.2) is 23.0 Å². The van der Waals surface area contributed by atoms with Gasteiger partial charge in [-0.05, 0) is 31.7 Å². The number of nitrogens with zero attached hydrogens (tertiary/aromatic N) is 1. The molecule has 1 unspecified atom stereocenters. The van der Waals surface area contributed by atoms with Crippen LogP contribution in [-0.2, 0) is 9.53 Å². The number of furan rings is 1. The van der Waals surface area contributed by atoms with Crippen molar-refractivity contribution in [2.24, 2.45) is 0 Å². The summed E-state index contributed by atoms with van der Waals surface area (Å²) in [4.78, 5) is 25.9. The minimum atomic E-state index is -0.282. The van der Waals surface area contributed by atoms with Crippen molar-refractivity contribution in [1.82, 2.24) is 10.2 Å². The maximum absolute atomic E-state index is 12.2. The molecule has 2 saturated heterocycles. The topological polar surface area (TPSA) is 71.8 Å². The summed E-state index contributed by atoms with van der Waals surface area (Å²) in [5, 5.41) is 3.03. The molecule has 2 aliphatic heterocycles. The lowest BCUT2D eigenvalue weighted by atomic mass is 10.0. The van der Waals surface area contributed by atoms with Gasteiger partial charge in [0, 0.05) is 25.7 Å². The van der Waals surface area contributed by atoms with E-state index in [1.54, 1.807) is 11.0 Å². The van der Waals surface area contributed by atoms with E-state index in [-0.39, 0.29) is 24.0 Å². The average Bonchev–Trinajstić information content (AvgIpc) is 3.20. The molecule has 1 aromatic rings. The summed E-state index contributed by atoms with van der Waals surface area (Å²) in [6.07, 6.45) is 6.01. The predicted octanol–water partition coefficient (Wildman–Crippen LogP) is 1.18.